The van der Waals surface area contributed by atoms with E-state index in [9.17, 15) is 13.2 Å². The lowest BCUT2D eigenvalue weighted by Gasteiger charge is -2.26. The van der Waals surface area contributed by atoms with Crippen molar-refractivity contribution in [2.75, 3.05) is 32.8 Å². The summed E-state index contributed by atoms with van der Waals surface area (Å²) in [6.45, 7) is 3.96. The van der Waals surface area contributed by atoms with Gasteiger partial charge >= 0.3 is 0 Å². The molecule has 2 aliphatic rings. The number of rotatable bonds is 7. The number of carbonyl (C=O) groups excluding carboxylic acids is 1. The molecule has 2 fully saturated rings. The molecule has 1 saturated carbocycles. The first-order valence-corrected chi connectivity index (χ1v) is 11.4. The molecule has 1 saturated heterocycles. The summed E-state index contributed by atoms with van der Waals surface area (Å²) >= 11 is 0. The number of benzene rings is 1. The molecule has 3 rings (SSSR count). The van der Waals surface area contributed by atoms with E-state index in [-0.39, 0.29) is 10.8 Å². The first kappa shape index (κ1) is 20.3. The van der Waals surface area contributed by atoms with E-state index in [0.29, 0.717) is 38.4 Å². The van der Waals surface area contributed by atoms with Crippen molar-refractivity contribution >= 4 is 15.9 Å². The fourth-order valence-electron chi connectivity index (χ4n) is 3.93. The molecule has 0 atom stereocenters. The number of morpholine rings is 1. The average Bonchev–Trinajstić information content (AvgIpc) is 3.19. The smallest absolute Gasteiger partial charge is 0.251 e. The molecular formula is C20H30N2O4S. The monoisotopic (exact) mass is 394 g/mol. The first-order valence-electron chi connectivity index (χ1n) is 9.95. The quantitative estimate of drug-likeness (QED) is 0.722. The van der Waals surface area contributed by atoms with Crippen LogP contribution < -0.4 is 5.32 Å². The average molecular weight is 395 g/mol. The van der Waals surface area contributed by atoms with Crippen molar-refractivity contribution < 1.29 is 17.9 Å². The summed E-state index contributed by atoms with van der Waals surface area (Å²) in [7, 11) is -3.60. The Hall–Kier alpha value is -1.44. The summed E-state index contributed by atoms with van der Waals surface area (Å²) in [4.78, 5) is 12.7. The minimum absolute atomic E-state index is 0.172. The van der Waals surface area contributed by atoms with Crippen LogP contribution in [0.15, 0.2) is 23.1 Å². The molecule has 7 heteroatoms. The fraction of sp³-hybridized carbons (Fsp3) is 0.650. The van der Waals surface area contributed by atoms with Gasteiger partial charge in [0, 0.05) is 25.2 Å². The molecule has 0 bridgehead atoms. The van der Waals surface area contributed by atoms with Gasteiger partial charge in [0.2, 0.25) is 10.0 Å². The van der Waals surface area contributed by atoms with Gasteiger partial charge in [-0.25, -0.2) is 8.42 Å². The van der Waals surface area contributed by atoms with Gasteiger partial charge < -0.3 is 10.1 Å². The van der Waals surface area contributed by atoms with Gasteiger partial charge in [-0.3, -0.25) is 4.79 Å². The molecule has 0 aromatic heterocycles. The van der Waals surface area contributed by atoms with Crippen molar-refractivity contribution in [2.45, 2.75) is 50.3 Å². The molecule has 1 aliphatic carbocycles. The van der Waals surface area contributed by atoms with Crippen molar-refractivity contribution in [3.63, 3.8) is 0 Å². The van der Waals surface area contributed by atoms with Crippen molar-refractivity contribution in [3.8, 4) is 0 Å². The van der Waals surface area contributed by atoms with E-state index in [1.54, 1.807) is 12.1 Å². The Balaban J connectivity index is 1.62. The van der Waals surface area contributed by atoms with E-state index in [2.05, 4.69) is 5.32 Å². The lowest BCUT2D eigenvalue weighted by atomic mass is 10.0. The number of sulfonamides is 1. The van der Waals surface area contributed by atoms with Crippen LogP contribution >= 0.6 is 0 Å². The van der Waals surface area contributed by atoms with Crippen LogP contribution in [0, 0.1) is 12.8 Å². The van der Waals surface area contributed by atoms with Gasteiger partial charge in [-0.1, -0.05) is 31.7 Å². The van der Waals surface area contributed by atoms with Crippen LogP contribution in [-0.4, -0.2) is 51.5 Å². The second kappa shape index (κ2) is 9.17. The Kier molecular flexibility index (Phi) is 6.89. The number of hydrogen-bond acceptors (Lipinski definition) is 4. The lowest BCUT2D eigenvalue weighted by Crippen LogP contribution is -2.40. The van der Waals surface area contributed by atoms with E-state index in [1.807, 2.05) is 6.92 Å². The molecule has 1 aromatic carbocycles. The molecule has 1 N–H and O–H groups in total. The molecule has 150 valence electrons. The number of aryl methyl sites for hydroxylation is 1. The highest BCUT2D eigenvalue weighted by Crippen LogP contribution is 2.28. The second-order valence-corrected chi connectivity index (χ2v) is 9.48. The van der Waals surface area contributed by atoms with Crippen LogP contribution in [0.3, 0.4) is 0 Å². The van der Waals surface area contributed by atoms with Crippen LogP contribution in [0.5, 0.6) is 0 Å². The fourth-order valence-corrected chi connectivity index (χ4v) is 5.36. The van der Waals surface area contributed by atoms with Gasteiger partial charge in [-0.2, -0.15) is 4.31 Å². The third-order valence-electron chi connectivity index (χ3n) is 5.61. The summed E-state index contributed by atoms with van der Waals surface area (Å²) in [5.41, 5.74) is 1.22. The standard InChI is InChI=1S/C20H30N2O4S/c1-16-8-9-18(27(24,25)22-11-13-26-14-12-22)15-19(16)20(23)21-10-4-7-17-5-2-3-6-17/h8-9,15,17H,2-7,10-14H2,1H3,(H,21,23). The molecule has 6 nitrogen and oxygen atoms in total. The summed E-state index contributed by atoms with van der Waals surface area (Å²) < 4.78 is 32.3. The Morgan fingerprint density at radius 3 is 2.63 bits per heavy atom. The van der Waals surface area contributed by atoms with Gasteiger partial charge in [0.1, 0.15) is 0 Å². The van der Waals surface area contributed by atoms with Gasteiger partial charge in [-0.05, 0) is 43.4 Å². The van der Waals surface area contributed by atoms with Crippen LogP contribution in [0.1, 0.15) is 54.4 Å². The van der Waals surface area contributed by atoms with E-state index in [1.165, 1.54) is 36.1 Å². The van der Waals surface area contributed by atoms with Crippen LogP contribution in [-0.2, 0) is 14.8 Å². The van der Waals surface area contributed by atoms with Gasteiger partial charge in [0.05, 0.1) is 18.1 Å². The highest BCUT2D eigenvalue weighted by Gasteiger charge is 2.27. The van der Waals surface area contributed by atoms with Crippen molar-refractivity contribution in [1.82, 2.24) is 9.62 Å². The third kappa shape index (κ3) is 5.09. The van der Waals surface area contributed by atoms with Crippen molar-refractivity contribution in [2.24, 2.45) is 5.92 Å². The first-order chi connectivity index (χ1) is 13.0. The molecule has 0 unspecified atom stereocenters. The number of carbonyl (C=O) groups is 1. The number of nitrogens with one attached hydrogen (secondary N) is 1. The molecule has 1 heterocycles. The molecule has 1 aromatic rings. The maximum Gasteiger partial charge on any atom is 0.251 e. The minimum Gasteiger partial charge on any atom is -0.379 e. The Morgan fingerprint density at radius 1 is 1.22 bits per heavy atom. The van der Waals surface area contributed by atoms with Gasteiger partial charge in [-0.15, -0.1) is 0 Å². The Labute approximate surface area is 162 Å². The topological polar surface area (TPSA) is 75.7 Å². The van der Waals surface area contributed by atoms with Gasteiger partial charge in [0.25, 0.3) is 5.91 Å². The maximum absolute atomic E-state index is 12.8. The number of nitrogens with zero attached hydrogens (tertiary/aromatic N) is 1. The van der Waals surface area contributed by atoms with Crippen LogP contribution in [0.4, 0.5) is 0 Å². The number of ether oxygens (including phenoxy) is 1. The largest absolute Gasteiger partial charge is 0.379 e. The maximum atomic E-state index is 12.8. The Bertz CT molecular complexity index is 751. The van der Waals surface area contributed by atoms with E-state index >= 15 is 0 Å². The SMILES string of the molecule is Cc1ccc(S(=O)(=O)N2CCOCC2)cc1C(=O)NCCCC1CCCC1. The number of amides is 1. The predicted molar refractivity (Wildman–Crippen MR) is 104 cm³/mol. The van der Waals surface area contributed by atoms with Crippen LogP contribution in [0.2, 0.25) is 0 Å². The molecule has 1 aliphatic heterocycles. The van der Waals surface area contributed by atoms with Crippen molar-refractivity contribution in [1.29, 1.82) is 0 Å². The zero-order valence-electron chi connectivity index (χ0n) is 16.1. The molecule has 0 spiro atoms. The number of hydrogen-bond donors (Lipinski definition) is 1. The van der Waals surface area contributed by atoms with Gasteiger partial charge in [0.15, 0.2) is 0 Å². The Morgan fingerprint density at radius 2 is 1.93 bits per heavy atom. The van der Waals surface area contributed by atoms with E-state index < -0.39 is 10.0 Å². The second-order valence-electron chi connectivity index (χ2n) is 7.54. The summed E-state index contributed by atoms with van der Waals surface area (Å²) in [5.74, 6) is 0.614. The highest BCUT2D eigenvalue weighted by molar-refractivity contribution is 7.89. The zero-order chi connectivity index (χ0) is 19.3. The molecular weight excluding hydrogens is 364 g/mol. The van der Waals surface area contributed by atoms with Crippen LogP contribution in [0.25, 0.3) is 0 Å². The minimum atomic E-state index is -3.60. The normalized spacial score (nSPS) is 19.3. The highest BCUT2D eigenvalue weighted by atomic mass is 32.2. The zero-order valence-corrected chi connectivity index (χ0v) is 16.9. The van der Waals surface area contributed by atoms with E-state index in [0.717, 1.165) is 24.3 Å². The predicted octanol–water partition coefficient (Wildman–Crippen LogP) is 2.72. The molecule has 0 radical (unpaired) electrons. The third-order valence-corrected chi connectivity index (χ3v) is 7.51. The summed E-state index contributed by atoms with van der Waals surface area (Å²) in [6.07, 6.45) is 7.43. The summed E-state index contributed by atoms with van der Waals surface area (Å²) in [5, 5.41) is 2.95. The summed E-state index contributed by atoms with van der Waals surface area (Å²) in [6, 6.07) is 4.80. The molecule has 27 heavy (non-hydrogen) atoms. The van der Waals surface area contributed by atoms with E-state index in [4.69, 9.17) is 4.74 Å². The lowest BCUT2D eigenvalue weighted by molar-refractivity contribution is 0.0730. The molecule has 1 amide bonds. The van der Waals surface area contributed by atoms with Crippen molar-refractivity contribution in [3.05, 3.63) is 29.3 Å².